The van der Waals surface area contributed by atoms with Crippen molar-refractivity contribution in [2.45, 2.75) is 45.4 Å². The van der Waals surface area contributed by atoms with Crippen molar-refractivity contribution >= 4 is 16.6 Å². The van der Waals surface area contributed by atoms with Crippen LogP contribution in [0.5, 0.6) is 5.88 Å². The Balaban J connectivity index is 1.68. The highest BCUT2D eigenvalue weighted by molar-refractivity contribution is 5.98. The smallest absolute Gasteiger partial charge is 0.425 e. The molecule has 3 aromatic rings. The summed E-state index contributed by atoms with van der Waals surface area (Å²) in [5.74, 6) is 0.496. The lowest BCUT2D eigenvalue weighted by molar-refractivity contribution is -0.189. The fourth-order valence-corrected chi connectivity index (χ4v) is 3.36. The maximum absolute atomic E-state index is 12.9. The molecule has 1 aliphatic carbocycles. The van der Waals surface area contributed by atoms with Gasteiger partial charge in [-0.1, -0.05) is 18.2 Å². The monoisotopic (exact) mass is 414 g/mol. The summed E-state index contributed by atoms with van der Waals surface area (Å²) < 4.78 is 43.6. The molecule has 30 heavy (non-hydrogen) atoms. The normalized spacial score (nSPS) is 15.2. The van der Waals surface area contributed by atoms with Gasteiger partial charge in [0.15, 0.2) is 11.9 Å². The predicted octanol–water partition coefficient (Wildman–Crippen LogP) is 5.92. The Kier molecular flexibility index (Phi) is 5.22. The van der Waals surface area contributed by atoms with E-state index in [1.54, 1.807) is 12.1 Å². The Morgan fingerprint density at radius 3 is 2.67 bits per heavy atom. The highest BCUT2D eigenvalue weighted by Gasteiger charge is 2.38. The van der Waals surface area contributed by atoms with E-state index in [1.807, 2.05) is 31.2 Å². The molecular weight excluding hydrogens is 393 g/mol. The van der Waals surface area contributed by atoms with Crippen LogP contribution in [0, 0.1) is 12.8 Å². The van der Waals surface area contributed by atoms with Crippen LogP contribution in [0.1, 0.15) is 42.1 Å². The van der Waals surface area contributed by atoms with E-state index in [0.29, 0.717) is 28.7 Å². The summed E-state index contributed by atoms with van der Waals surface area (Å²) in [7, 11) is 0. The second-order valence-corrected chi connectivity index (χ2v) is 7.85. The van der Waals surface area contributed by atoms with E-state index in [-0.39, 0.29) is 11.7 Å². The molecule has 0 aliphatic heterocycles. The third kappa shape index (κ3) is 4.30. The first-order valence-corrected chi connectivity index (χ1v) is 9.85. The summed E-state index contributed by atoms with van der Waals surface area (Å²) >= 11 is 0. The molecule has 7 heteroatoms. The lowest BCUT2D eigenvalue weighted by atomic mass is 9.94. The molecule has 1 aromatic heterocycles. The number of ketones is 1. The van der Waals surface area contributed by atoms with Gasteiger partial charge in [0.05, 0.1) is 6.20 Å². The van der Waals surface area contributed by atoms with E-state index in [0.717, 1.165) is 36.5 Å². The Bertz CT molecular complexity index is 1110. The molecule has 0 radical (unpaired) electrons. The van der Waals surface area contributed by atoms with Crippen molar-refractivity contribution in [1.82, 2.24) is 10.2 Å². The van der Waals surface area contributed by atoms with Gasteiger partial charge in [-0.2, -0.15) is 18.3 Å². The third-order valence-corrected chi connectivity index (χ3v) is 5.42. The number of aryl methyl sites for hydroxylation is 1. The number of aromatic nitrogens is 2. The minimum atomic E-state index is -4.49. The van der Waals surface area contributed by atoms with Gasteiger partial charge in [-0.25, -0.2) is 0 Å². The zero-order valence-corrected chi connectivity index (χ0v) is 16.7. The molecule has 156 valence electrons. The van der Waals surface area contributed by atoms with Gasteiger partial charge in [0, 0.05) is 22.8 Å². The molecule has 4 rings (SSSR count). The third-order valence-electron chi connectivity index (χ3n) is 5.42. The van der Waals surface area contributed by atoms with Crippen molar-refractivity contribution in [3.05, 3.63) is 53.7 Å². The lowest BCUT2D eigenvalue weighted by Crippen LogP contribution is -2.31. The van der Waals surface area contributed by atoms with Gasteiger partial charge in [0.2, 0.25) is 5.88 Å². The number of rotatable bonds is 6. The highest BCUT2D eigenvalue weighted by Crippen LogP contribution is 2.35. The first kappa shape index (κ1) is 20.3. The summed E-state index contributed by atoms with van der Waals surface area (Å²) in [5.41, 5.74) is 3.44. The molecule has 0 spiro atoms. The molecule has 1 saturated carbocycles. The number of fused-ring (bicyclic) bond motifs is 1. The van der Waals surface area contributed by atoms with Gasteiger partial charge >= 0.3 is 6.18 Å². The number of carbonyl (C=O) groups excluding carboxylic acids is 1. The summed E-state index contributed by atoms with van der Waals surface area (Å²) in [4.78, 5) is 12.5. The van der Waals surface area contributed by atoms with E-state index in [4.69, 9.17) is 4.74 Å². The minimum Gasteiger partial charge on any atom is -0.463 e. The van der Waals surface area contributed by atoms with Crippen LogP contribution < -0.4 is 4.74 Å². The Morgan fingerprint density at radius 2 is 1.97 bits per heavy atom. The number of carbonyl (C=O) groups is 1. The fourth-order valence-electron chi connectivity index (χ4n) is 3.36. The van der Waals surface area contributed by atoms with Crippen LogP contribution in [-0.2, 0) is 0 Å². The number of benzene rings is 2. The quantitative estimate of drug-likeness (QED) is 0.470. The molecule has 1 fully saturated rings. The van der Waals surface area contributed by atoms with Crippen LogP contribution in [0.4, 0.5) is 13.2 Å². The number of ether oxygens (including phenoxy) is 1. The van der Waals surface area contributed by atoms with Crippen LogP contribution >= 0.6 is 0 Å². The first-order valence-electron chi connectivity index (χ1n) is 9.85. The van der Waals surface area contributed by atoms with E-state index in [9.17, 15) is 18.0 Å². The molecule has 0 bridgehead atoms. The maximum atomic E-state index is 12.9. The zero-order chi connectivity index (χ0) is 21.5. The molecule has 4 nitrogen and oxygen atoms in total. The first-order chi connectivity index (χ1) is 14.2. The Morgan fingerprint density at radius 1 is 1.20 bits per heavy atom. The summed E-state index contributed by atoms with van der Waals surface area (Å²) in [6.45, 7) is 2.89. The van der Waals surface area contributed by atoms with Gasteiger partial charge in [0.1, 0.15) is 0 Å². The molecule has 0 N–H and O–H groups in total. The molecule has 1 atom stereocenters. The number of Topliss-reactive ketones (excluding diaryl/α,β-unsaturated/α-hetero) is 1. The van der Waals surface area contributed by atoms with E-state index in [2.05, 4.69) is 10.2 Å². The average Bonchev–Trinajstić information content (AvgIpc) is 3.51. The standard InChI is InChI=1S/C23H21F3N2O2/c1-13-3-6-17(21(29)9-15-4-5-15)11-20(13)16-7-8-19-18(10-16)12-27-28-22(19)30-14(2)23(24,25)26/h3,6-8,10-12,14-15H,4-5,9H2,1-2H3/t14-/m0/s1. The van der Waals surface area contributed by atoms with Crippen molar-refractivity contribution in [3.63, 3.8) is 0 Å². The van der Waals surface area contributed by atoms with Gasteiger partial charge in [-0.05, 0) is 67.5 Å². The van der Waals surface area contributed by atoms with E-state index in [1.165, 1.54) is 6.20 Å². The van der Waals surface area contributed by atoms with E-state index < -0.39 is 12.3 Å². The zero-order valence-electron chi connectivity index (χ0n) is 16.7. The molecule has 1 aliphatic rings. The maximum Gasteiger partial charge on any atom is 0.425 e. The molecule has 0 amide bonds. The van der Waals surface area contributed by atoms with Crippen molar-refractivity contribution in [2.75, 3.05) is 0 Å². The van der Waals surface area contributed by atoms with Crippen LogP contribution in [0.3, 0.4) is 0 Å². The second-order valence-electron chi connectivity index (χ2n) is 7.85. The molecular formula is C23H21F3N2O2. The Hall–Kier alpha value is -2.96. The number of alkyl halides is 3. The van der Waals surface area contributed by atoms with Gasteiger partial charge in [-0.3, -0.25) is 4.79 Å². The van der Waals surface area contributed by atoms with Crippen LogP contribution in [0.15, 0.2) is 42.6 Å². The van der Waals surface area contributed by atoms with Gasteiger partial charge in [0.25, 0.3) is 0 Å². The van der Waals surface area contributed by atoms with Crippen LogP contribution in [0.25, 0.3) is 21.9 Å². The lowest BCUT2D eigenvalue weighted by Gasteiger charge is -2.17. The summed E-state index contributed by atoms with van der Waals surface area (Å²) in [6.07, 6.45) is -2.18. The van der Waals surface area contributed by atoms with Crippen molar-refractivity contribution < 1.29 is 22.7 Å². The number of hydrogen-bond donors (Lipinski definition) is 0. The summed E-state index contributed by atoms with van der Waals surface area (Å²) in [6, 6.07) is 11.0. The Labute approximate surface area is 172 Å². The number of halogens is 3. The SMILES string of the molecule is Cc1ccc(C(=O)CC2CC2)cc1-c1ccc2c(O[C@@H](C)C(F)(F)F)nncc2c1. The molecule has 2 aromatic carbocycles. The highest BCUT2D eigenvalue weighted by atomic mass is 19.4. The number of hydrogen-bond acceptors (Lipinski definition) is 4. The van der Waals surface area contributed by atoms with Crippen molar-refractivity contribution in [2.24, 2.45) is 5.92 Å². The van der Waals surface area contributed by atoms with Gasteiger partial charge < -0.3 is 4.74 Å². The van der Waals surface area contributed by atoms with Crippen molar-refractivity contribution in [1.29, 1.82) is 0 Å². The molecule has 0 unspecified atom stereocenters. The van der Waals surface area contributed by atoms with Gasteiger partial charge in [-0.15, -0.1) is 5.10 Å². The van der Waals surface area contributed by atoms with E-state index >= 15 is 0 Å². The minimum absolute atomic E-state index is 0.141. The summed E-state index contributed by atoms with van der Waals surface area (Å²) in [5, 5.41) is 8.59. The largest absolute Gasteiger partial charge is 0.463 e. The predicted molar refractivity (Wildman–Crippen MR) is 108 cm³/mol. The van der Waals surface area contributed by atoms with Crippen LogP contribution in [-0.4, -0.2) is 28.3 Å². The topological polar surface area (TPSA) is 52.1 Å². The van der Waals surface area contributed by atoms with Crippen molar-refractivity contribution in [3.8, 4) is 17.0 Å². The average molecular weight is 414 g/mol. The number of nitrogens with zero attached hydrogens (tertiary/aromatic N) is 2. The van der Waals surface area contributed by atoms with Crippen LogP contribution in [0.2, 0.25) is 0 Å². The molecule has 0 saturated heterocycles. The molecule has 1 heterocycles. The fraction of sp³-hybridized carbons (Fsp3) is 0.348. The second kappa shape index (κ2) is 7.70.